The lowest BCUT2D eigenvalue weighted by atomic mass is 9.85. The SMILES string of the molecule is O=C(NC1CCC(C(F)(F)F)CC1)c1cc(Cl)cc(Br)c1. The first-order chi connectivity index (χ1) is 9.75. The molecule has 1 fully saturated rings. The average molecular weight is 385 g/mol. The molecule has 116 valence electrons. The minimum absolute atomic E-state index is 0.0632. The van der Waals surface area contributed by atoms with Crippen molar-refractivity contribution in [1.82, 2.24) is 5.32 Å². The average Bonchev–Trinajstić information content (AvgIpc) is 2.37. The van der Waals surface area contributed by atoms with Crippen molar-refractivity contribution in [3.05, 3.63) is 33.3 Å². The third-order valence-corrected chi connectivity index (χ3v) is 4.33. The maximum absolute atomic E-state index is 12.6. The quantitative estimate of drug-likeness (QED) is 0.768. The van der Waals surface area contributed by atoms with E-state index >= 15 is 0 Å². The summed E-state index contributed by atoms with van der Waals surface area (Å²) in [4.78, 5) is 12.1. The molecular weight excluding hydrogens is 371 g/mol. The number of hydrogen-bond donors (Lipinski definition) is 1. The van der Waals surface area contributed by atoms with Gasteiger partial charge in [-0.15, -0.1) is 0 Å². The highest BCUT2D eigenvalue weighted by Gasteiger charge is 2.41. The summed E-state index contributed by atoms with van der Waals surface area (Å²) in [5.41, 5.74) is 0.396. The zero-order chi connectivity index (χ0) is 15.6. The van der Waals surface area contributed by atoms with Gasteiger partial charge in [0, 0.05) is 21.1 Å². The summed E-state index contributed by atoms with van der Waals surface area (Å²) < 4.78 is 38.4. The lowest BCUT2D eigenvalue weighted by molar-refractivity contribution is -0.182. The number of amides is 1. The normalized spacial score (nSPS) is 22.9. The first-order valence-corrected chi connectivity index (χ1v) is 7.76. The molecule has 0 spiro atoms. The summed E-state index contributed by atoms with van der Waals surface area (Å²) in [6.45, 7) is 0. The monoisotopic (exact) mass is 383 g/mol. The van der Waals surface area contributed by atoms with Crippen LogP contribution in [0.4, 0.5) is 13.2 Å². The zero-order valence-electron chi connectivity index (χ0n) is 11.0. The molecule has 2 rings (SSSR count). The predicted molar refractivity (Wildman–Crippen MR) is 78.4 cm³/mol. The van der Waals surface area contributed by atoms with Crippen LogP contribution in [-0.4, -0.2) is 18.1 Å². The Labute approximate surface area is 134 Å². The van der Waals surface area contributed by atoms with Crippen LogP contribution >= 0.6 is 27.5 Å². The van der Waals surface area contributed by atoms with Crippen LogP contribution in [0.3, 0.4) is 0 Å². The summed E-state index contributed by atoms with van der Waals surface area (Å²) >= 11 is 9.12. The maximum atomic E-state index is 12.6. The van der Waals surface area contributed by atoms with Gasteiger partial charge < -0.3 is 5.32 Å². The molecule has 7 heteroatoms. The zero-order valence-corrected chi connectivity index (χ0v) is 13.4. The van der Waals surface area contributed by atoms with Crippen molar-refractivity contribution in [1.29, 1.82) is 0 Å². The van der Waals surface area contributed by atoms with Gasteiger partial charge in [0.05, 0.1) is 5.92 Å². The lowest BCUT2D eigenvalue weighted by Gasteiger charge is -2.30. The second kappa shape index (κ2) is 6.57. The number of alkyl halides is 3. The van der Waals surface area contributed by atoms with Gasteiger partial charge in [-0.1, -0.05) is 27.5 Å². The van der Waals surface area contributed by atoms with Gasteiger partial charge in [-0.3, -0.25) is 4.79 Å². The molecule has 0 radical (unpaired) electrons. The second-order valence-corrected chi connectivity index (χ2v) is 6.57. The van der Waals surface area contributed by atoms with Crippen molar-refractivity contribution in [2.24, 2.45) is 5.92 Å². The maximum Gasteiger partial charge on any atom is 0.391 e. The van der Waals surface area contributed by atoms with E-state index in [4.69, 9.17) is 11.6 Å². The Morgan fingerprint density at radius 3 is 2.33 bits per heavy atom. The van der Waals surface area contributed by atoms with Gasteiger partial charge in [0.25, 0.3) is 5.91 Å². The van der Waals surface area contributed by atoms with Gasteiger partial charge in [0.15, 0.2) is 0 Å². The Hall–Kier alpha value is -0.750. The fourth-order valence-corrected chi connectivity index (χ4v) is 3.38. The molecule has 0 aliphatic heterocycles. The lowest BCUT2D eigenvalue weighted by Crippen LogP contribution is -2.40. The summed E-state index contributed by atoms with van der Waals surface area (Å²) in [7, 11) is 0. The van der Waals surface area contributed by atoms with E-state index in [0.29, 0.717) is 27.9 Å². The molecule has 1 aromatic carbocycles. The van der Waals surface area contributed by atoms with E-state index in [9.17, 15) is 18.0 Å². The van der Waals surface area contributed by atoms with E-state index in [1.165, 1.54) is 6.07 Å². The second-order valence-electron chi connectivity index (χ2n) is 5.22. The Balaban J connectivity index is 1.93. The van der Waals surface area contributed by atoms with E-state index < -0.39 is 12.1 Å². The van der Waals surface area contributed by atoms with Crippen LogP contribution in [0.2, 0.25) is 5.02 Å². The Bertz CT molecular complexity index is 507. The van der Waals surface area contributed by atoms with Crippen LogP contribution < -0.4 is 5.32 Å². The molecule has 1 aliphatic carbocycles. The molecule has 0 saturated heterocycles. The minimum Gasteiger partial charge on any atom is -0.349 e. The molecule has 21 heavy (non-hydrogen) atoms. The standard InChI is InChI=1S/C14H14BrClF3NO/c15-10-5-8(6-11(16)7-10)13(21)20-12-3-1-9(2-4-12)14(17,18)19/h5-7,9,12H,1-4H2,(H,20,21). The molecular formula is C14H14BrClF3NO. The molecule has 2 nitrogen and oxygen atoms in total. The molecule has 0 bridgehead atoms. The Morgan fingerprint density at radius 2 is 1.81 bits per heavy atom. The first kappa shape index (κ1) is 16.6. The van der Waals surface area contributed by atoms with Crippen molar-refractivity contribution in [3.63, 3.8) is 0 Å². The summed E-state index contributed by atoms with van der Waals surface area (Å²) in [5.74, 6) is -1.56. The van der Waals surface area contributed by atoms with Crippen molar-refractivity contribution in [2.45, 2.75) is 37.9 Å². The number of carbonyl (C=O) groups excluding carboxylic acids is 1. The number of rotatable bonds is 2. The fraction of sp³-hybridized carbons (Fsp3) is 0.500. The molecule has 1 saturated carbocycles. The van der Waals surface area contributed by atoms with Crippen molar-refractivity contribution in [3.8, 4) is 0 Å². The van der Waals surface area contributed by atoms with Crippen LogP contribution in [0.25, 0.3) is 0 Å². The molecule has 1 aliphatic rings. The number of hydrogen-bond acceptors (Lipinski definition) is 1. The van der Waals surface area contributed by atoms with Crippen molar-refractivity contribution in [2.75, 3.05) is 0 Å². The highest BCUT2D eigenvalue weighted by molar-refractivity contribution is 9.10. The number of carbonyl (C=O) groups is 1. The van der Waals surface area contributed by atoms with Gasteiger partial charge in [-0.2, -0.15) is 13.2 Å². The Kier molecular flexibility index (Phi) is 5.20. The van der Waals surface area contributed by atoms with E-state index in [2.05, 4.69) is 21.2 Å². The predicted octanol–water partition coefficient (Wildman–Crippen LogP) is 4.95. The molecule has 0 aromatic heterocycles. The van der Waals surface area contributed by atoms with Gasteiger partial charge in [-0.05, 0) is 43.9 Å². The number of benzene rings is 1. The highest BCUT2D eigenvalue weighted by Crippen LogP contribution is 2.37. The van der Waals surface area contributed by atoms with Crippen molar-refractivity contribution >= 4 is 33.4 Å². The van der Waals surface area contributed by atoms with E-state index in [1.807, 2.05) is 0 Å². The minimum atomic E-state index is -4.13. The largest absolute Gasteiger partial charge is 0.391 e. The van der Waals surface area contributed by atoms with Crippen LogP contribution in [0.15, 0.2) is 22.7 Å². The van der Waals surface area contributed by atoms with Crippen molar-refractivity contribution < 1.29 is 18.0 Å². The first-order valence-electron chi connectivity index (χ1n) is 6.59. The molecule has 1 N–H and O–H groups in total. The summed E-state index contributed by atoms with van der Waals surface area (Å²) in [6.07, 6.45) is -3.32. The van der Waals surface area contributed by atoms with Crippen LogP contribution in [0.1, 0.15) is 36.0 Å². The molecule has 1 amide bonds. The molecule has 0 unspecified atom stereocenters. The highest BCUT2D eigenvalue weighted by atomic mass is 79.9. The number of halogens is 5. The van der Waals surface area contributed by atoms with Crippen LogP contribution in [0.5, 0.6) is 0 Å². The van der Waals surface area contributed by atoms with E-state index in [1.54, 1.807) is 12.1 Å². The van der Waals surface area contributed by atoms with Gasteiger partial charge in [0.1, 0.15) is 0 Å². The van der Waals surface area contributed by atoms with Crippen LogP contribution in [-0.2, 0) is 0 Å². The van der Waals surface area contributed by atoms with E-state index in [-0.39, 0.29) is 24.8 Å². The topological polar surface area (TPSA) is 29.1 Å². The molecule has 0 heterocycles. The van der Waals surface area contributed by atoms with Crippen LogP contribution in [0, 0.1) is 5.92 Å². The summed E-state index contributed by atoms with van der Waals surface area (Å²) in [5, 5.41) is 3.20. The van der Waals surface area contributed by atoms with Gasteiger partial charge in [0.2, 0.25) is 0 Å². The van der Waals surface area contributed by atoms with E-state index in [0.717, 1.165) is 0 Å². The molecule has 0 atom stereocenters. The summed E-state index contributed by atoms with van der Waals surface area (Å²) in [6, 6.07) is 4.60. The number of nitrogens with one attached hydrogen (secondary N) is 1. The third kappa shape index (κ3) is 4.61. The van der Waals surface area contributed by atoms with Gasteiger partial charge >= 0.3 is 6.18 Å². The molecule has 1 aromatic rings. The fourth-order valence-electron chi connectivity index (χ4n) is 2.52. The smallest absolute Gasteiger partial charge is 0.349 e. The third-order valence-electron chi connectivity index (χ3n) is 3.65. The Morgan fingerprint density at radius 1 is 1.19 bits per heavy atom. The van der Waals surface area contributed by atoms with Gasteiger partial charge in [-0.25, -0.2) is 0 Å².